The van der Waals surface area contributed by atoms with Crippen LogP contribution in [0.2, 0.25) is 4.47 Å². The molecule has 3 aromatic rings. The molecule has 0 bridgehead atoms. The van der Waals surface area contributed by atoms with Crippen molar-refractivity contribution in [1.29, 1.82) is 0 Å². The SMILES string of the molecule is O=C(OCc1ccccc1)c1ccc(NCc2cnc(Cl)s2)cc1O. The van der Waals surface area contributed by atoms with Gasteiger partial charge in [-0.1, -0.05) is 41.9 Å². The van der Waals surface area contributed by atoms with Gasteiger partial charge in [0.2, 0.25) is 0 Å². The summed E-state index contributed by atoms with van der Waals surface area (Å²) in [5.74, 6) is -0.701. The smallest absolute Gasteiger partial charge is 0.342 e. The van der Waals surface area contributed by atoms with Gasteiger partial charge in [0.15, 0.2) is 4.47 Å². The molecule has 25 heavy (non-hydrogen) atoms. The van der Waals surface area contributed by atoms with Gasteiger partial charge < -0.3 is 15.2 Å². The molecule has 0 atom stereocenters. The molecule has 0 aliphatic carbocycles. The van der Waals surface area contributed by atoms with Crippen LogP contribution in [0.1, 0.15) is 20.8 Å². The highest BCUT2D eigenvalue weighted by atomic mass is 35.5. The Morgan fingerprint density at radius 3 is 2.72 bits per heavy atom. The van der Waals surface area contributed by atoms with Crippen molar-refractivity contribution in [2.75, 3.05) is 5.32 Å². The topological polar surface area (TPSA) is 71.5 Å². The fourth-order valence-corrected chi connectivity index (χ4v) is 3.09. The summed E-state index contributed by atoms with van der Waals surface area (Å²) in [6, 6.07) is 14.1. The average molecular weight is 375 g/mol. The molecule has 1 aromatic heterocycles. The Labute approximate surface area is 153 Å². The van der Waals surface area contributed by atoms with Gasteiger partial charge in [0.05, 0.1) is 6.54 Å². The van der Waals surface area contributed by atoms with Crippen molar-refractivity contribution in [1.82, 2.24) is 4.98 Å². The summed E-state index contributed by atoms with van der Waals surface area (Å²) in [7, 11) is 0. The molecule has 0 aliphatic heterocycles. The Kier molecular flexibility index (Phi) is 5.53. The second-order valence-electron chi connectivity index (χ2n) is 5.23. The maximum Gasteiger partial charge on any atom is 0.342 e. The second kappa shape index (κ2) is 8.00. The Morgan fingerprint density at radius 2 is 2.04 bits per heavy atom. The van der Waals surface area contributed by atoms with Crippen LogP contribution in [0, 0.1) is 0 Å². The minimum atomic E-state index is -0.567. The van der Waals surface area contributed by atoms with Crippen molar-refractivity contribution in [3.8, 4) is 5.75 Å². The summed E-state index contributed by atoms with van der Waals surface area (Å²) in [5.41, 5.74) is 1.70. The van der Waals surface area contributed by atoms with E-state index in [9.17, 15) is 9.90 Å². The monoisotopic (exact) mass is 374 g/mol. The molecule has 0 amide bonds. The lowest BCUT2D eigenvalue weighted by molar-refractivity contribution is 0.0469. The molecule has 2 aromatic carbocycles. The third-order valence-corrected chi connectivity index (χ3v) is 4.54. The molecule has 0 aliphatic rings. The minimum absolute atomic E-state index is 0.127. The van der Waals surface area contributed by atoms with E-state index in [-0.39, 0.29) is 17.9 Å². The van der Waals surface area contributed by atoms with Gasteiger partial charge in [-0.15, -0.1) is 11.3 Å². The first-order chi connectivity index (χ1) is 12.1. The van der Waals surface area contributed by atoms with Crippen LogP contribution >= 0.6 is 22.9 Å². The van der Waals surface area contributed by atoms with Gasteiger partial charge in [-0.3, -0.25) is 0 Å². The van der Waals surface area contributed by atoms with Gasteiger partial charge in [0, 0.05) is 22.8 Å². The third-order valence-electron chi connectivity index (χ3n) is 3.42. The van der Waals surface area contributed by atoms with E-state index in [0.717, 1.165) is 10.4 Å². The molecule has 0 radical (unpaired) electrons. The molecule has 0 spiro atoms. The summed E-state index contributed by atoms with van der Waals surface area (Å²) in [5, 5.41) is 13.2. The fourth-order valence-electron chi connectivity index (χ4n) is 2.17. The van der Waals surface area contributed by atoms with Crippen LogP contribution in [0.4, 0.5) is 5.69 Å². The normalized spacial score (nSPS) is 10.4. The molecule has 0 unspecified atom stereocenters. The maximum absolute atomic E-state index is 12.1. The van der Waals surface area contributed by atoms with E-state index >= 15 is 0 Å². The first kappa shape index (κ1) is 17.3. The molecule has 0 saturated heterocycles. The van der Waals surface area contributed by atoms with Crippen LogP contribution in [0.5, 0.6) is 5.75 Å². The van der Waals surface area contributed by atoms with E-state index in [1.54, 1.807) is 12.3 Å². The van der Waals surface area contributed by atoms with Crippen LogP contribution in [0.15, 0.2) is 54.7 Å². The number of esters is 1. The zero-order valence-corrected chi connectivity index (χ0v) is 14.7. The van der Waals surface area contributed by atoms with Crippen molar-refractivity contribution < 1.29 is 14.6 Å². The molecule has 3 rings (SSSR count). The number of thiazole rings is 1. The third kappa shape index (κ3) is 4.71. The van der Waals surface area contributed by atoms with Crippen molar-refractivity contribution in [3.63, 3.8) is 0 Å². The van der Waals surface area contributed by atoms with E-state index in [0.29, 0.717) is 16.7 Å². The zero-order valence-electron chi connectivity index (χ0n) is 13.1. The molecule has 2 N–H and O–H groups in total. The summed E-state index contributed by atoms with van der Waals surface area (Å²) in [6.07, 6.45) is 1.69. The number of phenols is 1. The number of benzene rings is 2. The predicted molar refractivity (Wildman–Crippen MR) is 98.1 cm³/mol. The second-order valence-corrected chi connectivity index (χ2v) is 6.92. The Morgan fingerprint density at radius 1 is 1.24 bits per heavy atom. The molecule has 128 valence electrons. The number of hydrogen-bond acceptors (Lipinski definition) is 6. The summed E-state index contributed by atoms with van der Waals surface area (Å²) in [6.45, 7) is 0.687. The number of rotatable bonds is 6. The number of aromatic hydroxyl groups is 1. The molecular formula is C18H15ClN2O3S. The first-order valence-electron chi connectivity index (χ1n) is 7.50. The lowest BCUT2D eigenvalue weighted by Crippen LogP contribution is -2.06. The Hall–Kier alpha value is -2.57. The van der Waals surface area contributed by atoms with Crippen LogP contribution < -0.4 is 5.32 Å². The highest BCUT2D eigenvalue weighted by molar-refractivity contribution is 7.15. The van der Waals surface area contributed by atoms with E-state index < -0.39 is 5.97 Å². The van der Waals surface area contributed by atoms with E-state index in [1.807, 2.05) is 30.3 Å². The number of phenolic OH excluding ortho intramolecular Hbond substituents is 1. The molecule has 0 saturated carbocycles. The Balaban J connectivity index is 1.59. The minimum Gasteiger partial charge on any atom is -0.507 e. The number of anilines is 1. The van der Waals surface area contributed by atoms with Crippen LogP contribution in [-0.2, 0) is 17.9 Å². The number of aromatic nitrogens is 1. The summed E-state index contributed by atoms with van der Waals surface area (Å²) in [4.78, 5) is 17.0. The van der Waals surface area contributed by atoms with Crippen LogP contribution in [0.25, 0.3) is 0 Å². The average Bonchev–Trinajstić information content (AvgIpc) is 3.04. The quantitative estimate of drug-likeness (QED) is 0.623. The van der Waals surface area contributed by atoms with Crippen LogP contribution in [0.3, 0.4) is 0 Å². The fraction of sp³-hybridized carbons (Fsp3) is 0.111. The lowest BCUT2D eigenvalue weighted by Gasteiger charge is -2.09. The number of nitrogens with zero attached hydrogens (tertiary/aromatic N) is 1. The van der Waals surface area contributed by atoms with Gasteiger partial charge >= 0.3 is 5.97 Å². The standard InChI is InChI=1S/C18H15ClN2O3S/c19-18-21-10-14(25-18)9-20-13-6-7-15(16(22)8-13)17(23)24-11-12-4-2-1-3-5-12/h1-8,10,20,22H,9,11H2. The van der Waals surface area contributed by atoms with Gasteiger partial charge in [0.1, 0.15) is 17.9 Å². The maximum atomic E-state index is 12.1. The predicted octanol–water partition coefficient (Wildman–Crippen LogP) is 4.47. The molecule has 0 fully saturated rings. The number of carbonyl (C=O) groups excluding carboxylic acids is 1. The van der Waals surface area contributed by atoms with Gasteiger partial charge in [-0.2, -0.15) is 0 Å². The molecular weight excluding hydrogens is 360 g/mol. The Bertz CT molecular complexity index is 868. The van der Waals surface area contributed by atoms with Gasteiger partial charge in [-0.05, 0) is 17.7 Å². The van der Waals surface area contributed by atoms with E-state index in [2.05, 4.69) is 10.3 Å². The molecule has 1 heterocycles. The number of ether oxygens (including phenoxy) is 1. The summed E-state index contributed by atoms with van der Waals surface area (Å²) < 4.78 is 5.71. The lowest BCUT2D eigenvalue weighted by atomic mass is 10.2. The van der Waals surface area contributed by atoms with Crippen molar-refractivity contribution in [2.24, 2.45) is 0 Å². The van der Waals surface area contributed by atoms with E-state index in [4.69, 9.17) is 16.3 Å². The number of hydrogen-bond donors (Lipinski definition) is 2. The van der Waals surface area contributed by atoms with Crippen molar-refractivity contribution in [2.45, 2.75) is 13.2 Å². The number of halogens is 1. The van der Waals surface area contributed by atoms with Crippen LogP contribution in [-0.4, -0.2) is 16.1 Å². The van der Waals surface area contributed by atoms with E-state index in [1.165, 1.54) is 23.5 Å². The number of carbonyl (C=O) groups is 1. The van der Waals surface area contributed by atoms with Gasteiger partial charge in [0.25, 0.3) is 0 Å². The largest absolute Gasteiger partial charge is 0.507 e. The molecule has 5 nitrogen and oxygen atoms in total. The number of nitrogens with one attached hydrogen (secondary N) is 1. The highest BCUT2D eigenvalue weighted by Gasteiger charge is 2.13. The first-order valence-corrected chi connectivity index (χ1v) is 8.69. The van der Waals surface area contributed by atoms with Gasteiger partial charge in [-0.25, -0.2) is 9.78 Å². The summed E-state index contributed by atoms with van der Waals surface area (Å²) >= 11 is 7.16. The van der Waals surface area contributed by atoms with Crippen molar-refractivity contribution in [3.05, 3.63) is 75.2 Å². The van der Waals surface area contributed by atoms with Crippen molar-refractivity contribution >= 4 is 34.6 Å². The molecule has 7 heteroatoms. The zero-order chi connectivity index (χ0) is 17.6. The highest BCUT2D eigenvalue weighted by Crippen LogP contribution is 2.24.